The molecule has 0 aliphatic heterocycles. The number of aromatic nitrogens is 2. The van der Waals surface area contributed by atoms with Crippen LogP contribution < -0.4 is 5.73 Å². The molecule has 1 aromatic carbocycles. The van der Waals surface area contributed by atoms with E-state index in [1.165, 1.54) is 16.0 Å². The Morgan fingerprint density at radius 3 is 2.85 bits per heavy atom. The van der Waals surface area contributed by atoms with Gasteiger partial charge in [-0.1, -0.05) is 29.8 Å². The van der Waals surface area contributed by atoms with Crippen molar-refractivity contribution in [1.29, 1.82) is 0 Å². The van der Waals surface area contributed by atoms with Crippen molar-refractivity contribution >= 4 is 39.3 Å². The Kier molecular flexibility index (Phi) is 3.63. The van der Waals surface area contributed by atoms with Gasteiger partial charge in [-0.25, -0.2) is 9.97 Å². The molecule has 5 heteroatoms. The molecule has 3 rings (SSSR count). The summed E-state index contributed by atoms with van der Waals surface area (Å²) >= 11 is 3.37. The van der Waals surface area contributed by atoms with Gasteiger partial charge in [-0.3, -0.25) is 0 Å². The molecule has 0 aliphatic carbocycles. The standard InChI is InChI=1S/C15H15N3S2/c1-9-4-3-5-11(6-9)8-19-13-12-7-10(2)20-14(12)18-15(16)17-13/h3-7H,8H2,1-2H3,(H2,16,17,18). The van der Waals surface area contributed by atoms with Crippen LogP contribution in [-0.4, -0.2) is 9.97 Å². The van der Waals surface area contributed by atoms with E-state index in [0.29, 0.717) is 5.95 Å². The highest BCUT2D eigenvalue weighted by molar-refractivity contribution is 7.98. The van der Waals surface area contributed by atoms with Gasteiger partial charge in [0.2, 0.25) is 5.95 Å². The summed E-state index contributed by atoms with van der Waals surface area (Å²) in [5.41, 5.74) is 8.38. The molecule has 0 saturated carbocycles. The molecule has 0 aliphatic rings. The minimum absolute atomic E-state index is 0.353. The molecule has 0 amide bonds. The average Bonchev–Trinajstić information content (AvgIpc) is 2.76. The van der Waals surface area contributed by atoms with Gasteiger partial charge in [0.05, 0.1) is 0 Å². The van der Waals surface area contributed by atoms with Gasteiger partial charge in [-0.15, -0.1) is 23.1 Å². The monoisotopic (exact) mass is 301 g/mol. The van der Waals surface area contributed by atoms with Gasteiger partial charge in [-0.2, -0.15) is 0 Å². The largest absolute Gasteiger partial charge is 0.368 e. The van der Waals surface area contributed by atoms with E-state index in [-0.39, 0.29) is 0 Å². The van der Waals surface area contributed by atoms with Crippen LogP contribution in [0, 0.1) is 13.8 Å². The van der Waals surface area contributed by atoms with E-state index >= 15 is 0 Å². The van der Waals surface area contributed by atoms with E-state index in [0.717, 1.165) is 21.0 Å². The Labute approximate surface area is 126 Å². The Bertz CT molecular complexity index is 765. The van der Waals surface area contributed by atoms with E-state index in [2.05, 4.69) is 54.1 Å². The van der Waals surface area contributed by atoms with Crippen molar-refractivity contribution in [3.63, 3.8) is 0 Å². The van der Waals surface area contributed by atoms with E-state index in [1.54, 1.807) is 23.1 Å². The third kappa shape index (κ3) is 2.78. The Balaban J connectivity index is 1.90. The van der Waals surface area contributed by atoms with E-state index in [1.807, 2.05) is 0 Å². The lowest BCUT2D eigenvalue weighted by Gasteiger charge is -2.04. The van der Waals surface area contributed by atoms with Crippen LogP contribution in [-0.2, 0) is 5.75 Å². The van der Waals surface area contributed by atoms with Gasteiger partial charge in [0.25, 0.3) is 0 Å². The molecule has 2 heterocycles. The fourth-order valence-electron chi connectivity index (χ4n) is 2.10. The van der Waals surface area contributed by atoms with Crippen LogP contribution in [0.3, 0.4) is 0 Å². The number of aryl methyl sites for hydroxylation is 2. The number of nitrogens with two attached hydrogens (primary N) is 1. The van der Waals surface area contributed by atoms with Crippen LogP contribution in [0.25, 0.3) is 10.2 Å². The minimum atomic E-state index is 0.353. The molecule has 2 aromatic heterocycles. The zero-order chi connectivity index (χ0) is 14.1. The quantitative estimate of drug-likeness (QED) is 0.582. The molecule has 0 spiro atoms. The Hall–Kier alpha value is -1.59. The van der Waals surface area contributed by atoms with Gasteiger partial charge < -0.3 is 5.73 Å². The average molecular weight is 301 g/mol. The van der Waals surface area contributed by atoms with Gasteiger partial charge in [-0.05, 0) is 25.5 Å². The van der Waals surface area contributed by atoms with Crippen molar-refractivity contribution in [2.75, 3.05) is 5.73 Å². The van der Waals surface area contributed by atoms with Crippen LogP contribution in [0.4, 0.5) is 5.95 Å². The smallest absolute Gasteiger partial charge is 0.222 e. The number of thiophene rings is 1. The summed E-state index contributed by atoms with van der Waals surface area (Å²) < 4.78 is 0. The van der Waals surface area contributed by atoms with Gasteiger partial charge in [0, 0.05) is 16.0 Å². The van der Waals surface area contributed by atoms with Gasteiger partial charge in [0.1, 0.15) is 9.86 Å². The SMILES string of the molecule is Cc1cccc(CSc2nc(N)nc3sc(C)cc23)c1. The summed E-state index contributed by atoms with van der Waals surface area (Å²) in [4.78, 5) is 10.9. The number of thioether (sulfide) groups is 1. The predicted octanol–water partition coefficient (Wildman–Crippen LogP) is 4.18. The van der Waals surface area contributed by atoms with E-state index < -0.39 is 0 Å². The van der Waals surface area contributed by atoms with Crippen molar-refractivity contribution < 1.29 is 0 Å². The van der Waals surface area contributed by atoms with Crippen molar-refractivity contribution in [3.8, 4) is 0 Å². The van der Waals surface area contributed by atoms with Gasteiger partial charge >= 0.3 is 0 Å². The zero-order valence-electron chi connectivity index (χ0n) is 11.4. The number of anilines is 1. The molecule has 3 aromatic rings. The second-order valence-electron chi connectivity index (χ2n) is 4.74. The third-order valence-electron chi connectivity index (χ3n) is 2.96. The van der Waals surface area contributed by atoms with Crippen molar-refractivity contribution in [2.24, 2.45) is 0 Å². The zero-order valence-corrected chi connectivity index (χ0v) is 13.0. The third-order valence-corrected chi connectivity index (χ3v) is 4.96. The number of hydrogen-bond donors (Lipinski definition) is 1. The van der Waals surface area contributed by atoms with Crippen LogP contribution in [0.5, 0.6) is 0 Å². The summed E-state index contributed by atoms with van der Waals surface area (Å²) in [6, 6.07) is 10.7. The van der Waals surface area contributed by atoms with E-state index in [4.69, 9.17) is 5.73 Å². The molecule has 0 bridgehead atoms. The van der Waals surface area contributed by atoms with E-state index in [9.17, 15) is 0 Å². The maximum atomic E-state index is 5.80. The first-order valence-electron chi connectivity index (χ1n) is 6.34. The van der Waals surface area contributed by atoms with Gasteiger partial charge in [0.15, 0.2) is 0 Å². The second-order valence-corrected chi connectivity index (χ2v) is 6.94. The summed E-state index contributed by atoms with van der Waals surface area (Å²) in [7, 11) is 0. The molecule has 0 radical (unpaired) electrons. The molecule has 102 valence electrons. The maximum Gasteiger partial charge on any atom is 0.222 e. The maximum absolute atomic E-state index is 5.80. The number of nitrogens with zero attached hydrogens (tertiary/aromatic N) is 2. The lowest BCUT2D eigenvalue weighted by molar-refractivity contribution is 1.12. The molecule has 0 saturated heterocycles. The van der Waals surface area contributed by atoms with Crippen LogP contribution in [0.2, 0.25) is 0 Å². The molecule has 3 nitrogen and oxygen atoms in total. The Morgan fingerprint density at radius 1 is 1.20 bits per heavy atom. The topological polar surface area (TPSA) is 51.8 Å². The van der Waals surface area contributed by atoms with Crippen LogP contribution in [0.1, 0.15) is 16.0 Å². The van der Waals surface area contributed by atoms with Crippen LogP contribution in [0.15, 0.2) is 35.4 Å². The summed E-state index contributed by atoms with van der Waals surface area (Å²) in [6.07, 6.45) is 0. The first-order valence-corrected chi connectivity index (χ1v) is 8.14. The molecule has 0 fully saturated rings. The Morgan fingerprint density at radius 2 is 2.05 bits per heavy atom. The lowest BCUT2D eigenvalue weighted by Crippen LogP contribution is -1.95. The number of rotatable bonds is 3. The summed E-state index contributed by atoms with van der Waals surface area (Å²) in [6.45, 7) is 4.19. The minimum Gasteiger partial charge on any atom is -0.368 e. The number of hydrogen-bond acceptors (Lipinski definition) is 5. The highest BCUT2D eigenvalue weighted by Gasteiger charge is 2.10. The fourth-order valence-corrected chi connectivity index (χ4v) is 4.00. The molecule has 0 atom stereocenters. The number of fused-ring (bicyclic) bond motifs is 1. The summed E-state index contributed by atoms with van der Waals surface area (Å²) in [5.74, 6) is 1.24. The molecule has 2 N–H and O–H groups in total. The fraction of sp³-hybridized carbons (Fsp3) is 0.200. The summed E-state index contributed by atoms with van der Waals surface area (Å²) in [5, 5.41) is 2.08. The molecular formula is C15H15N3S2. The first kappa shape index (κ1) is 13.4. The highest BCUT2D eigenvalue weighted by atomic mass is 32.2. The van der Waals surface area contributed by atoms with Crippen LogP contribution >= 0.6 is 23.1 Å². The predicted molar refractivity (Wildman–Crippen MR) is 87.3 cm³/mol. The van der Waals surface area contributed by atoms with Crippen molar-refractivity contribution in [3.05, 3.63) is 46.3 Å². The molecule has 0 unspecified atom stereocenters. The lowest BCUT2D eigenvalue weighted by atomic mass is 10.2. The highest BCUT2D eigenvalue weighted by Crippen LogP contribution is 2.33. The number of nitrogen functional groups attached to an aromatic ring is 1. The van der Waals surface area contributed by atoms with Crippen molar-refractivity contribution in [2.45, 2.75) is 24.6 Å². The first-order chi connectivity index (χ1) is 9.61. The molecule has 20 heavy (non-hydrogen) atoms. The molecular weight excluding hydrogens is 286 g/mol. The second kappa shape index (κ2) is 5.42. The van der Waals surface area contributed by atoms with Crippen molar-refractivity contribution in [1.82, 2.24) is 9.97 Å². The normalized spacial score (nSPS) is 11.1. The number of benzene rings is 1.